The fourth-order valence-corrected chi connectivity index (χ4v) is 3.25. The Morgan fingerprint density at radius 1 is 1.03 bits per heavy atom. The number of nitrogens with one attached hydrogen (secondary N) is 1. The number of carbonyl (C=O) groups excluding carboxylic acids is 2. The zero-order chi connectivity index (χ0) is 22.1. The number of hydrogen-bond donors (Lipinski definition) is 1. The van der Waals surface area contributed by atoms with Crippen LogP contribution in [0.15, 0.2) is 48.5 Å². The van der Waals surface area contributed by atoms with Crippen LogP contribution in [0, 0.1) is 0 Å². The predicted octanol–water partition coefficient (Wildman–Crippen LogP) is 5.09. The fourth-order valence-electron chi connectivity index (χ4n) is 2.93. The highest BCUT2D eigenvalue weighted by molar-refractivity contribution is 6.31. The normalized spacial score (nSPS) is 12.7. The summed E-state index contributed by atoms with van der Waals surface area (Å²) >= 11 is 12.2. The molecule has 5 nitrogen and oxygen atoms in total. The molecule has 0 heterocycles. The molecule has 0 aromatic heterocycles. The van der Waals surface area contributed by atoms with E-state index < -0.39 is 6.04 Å². The average Bonchev–Trinajstić information content (AvgIpc) is 2.74. The third-order valence-corrected chi connectivity index (χ3v) is 5.48. The lowest BCUT2D eigenvalue weighted by Gasteiger charge is -2.31. The smallest absolute Gasteiger partial charge is 0.261 e. The van der Waals surface area contributed by atoms with E-state index in [4.69, 9.17) is 27.9 Å². The van der Waals surface area contributed by atoms with Crippen LogP contribution in [0.1, 0.15) is 39.2 Å². The van der Waals surface area contributed by atoms with Crippen LogP contribution in [-0.2, 0) is 16.1 Å². The lowest BCUT2D eigenvalue weighted by Crippen LogP contribution is -2.51. The van der Waals surface area contributed by atoms with E-state index in [0.29, 0.717) is 22.2 Å². The molecular formula is C23H28Cl2N2O3. The van der Waals surface area contributed by atoms with Crippen molar-refractivity contribution in [1.82, 2.24) is 10.2 Å². The molecule has 1 N–H and O–H groups in total. The van der Waals surface area contributed by atoms with E-state index >= 15 is 0 Å². The Hall–Kier alpha value is -2.24. The molecule has 30 heavy (non-hydrogen) atoms. The number of ether oxygens (including phenoxy) is 1. The first kappa shape index (κ1) is 24.0. The molecule has 2 amide bonds. The third kappa shape index (κ3) is 6.92. The zero-order valence-corrected chi connectivity index (χ0v) is 19.0. The maximum Gasteiger partial charge on any atom is 0.261 e. The van der Waals surface area contributed by atoms with E-state index in [9.17, 15) is 9.59 Å². The van der Waals surface area contributed by atoms with E-state index in [1.54, 1.807) is 30.3 Å². The van der Waals surface area contributed by atoms with Crippen molar-refractivity contribution < 1.29 is 14.3 Å². The Morgan fingerprint density at radius 3 is 2.30 bits per heavy atom. The van der Waals surface area contributed by atoms with Gasteiger partial charge in [0.25, 0.3) is 5.91 Å². The van der Waals surface area contributed by atoms with Crippen LogP contribution >= 0.6 is 23.2 Å². The van der Waals surface area contributed by atoms with Crippen molar-refractivity contribution in [3.8, 4) is 5.75 Å². The highest BCUT2D eigenvalue weighted by Crippen LogP contribution is 2.21. The van der Waals surface area contributed by atoms with Crippen LogP contribution < -0.4 is 10.1 Å². The number of carbonyl (C=O) groups is 2. The van der Waals surface area contributed by atoms with Crippen molar-refractivity contribution >= 4 is 35.0 Å². The van der Waals surface area contributed by atoms with Gasteiger partial charge >= 0.3 is 0 Å². The van der Waals surface area contributed by atoms with Gasteiger partial charge < -0.3 is 15.0 Å². The second-order valence-corrected chi connectivity index (χ2v) is 7.94. The van der Waals surface area contributed by atoms with Crippen molar-refractivity contribution in [3.63, 3.8) is 0 Å². The molecule has 0 saturated carbocycles. The second kappa shape index (κ2) is 11.8. The topological polar surface area (TPSA) is 58.6 Å². The molecule has 0 aliphatic heterocycles. The summed E-state index contributed by atoms with van der Waals surface area (Å²) in [6.45, 7) is 5.84. The number of benzene rings is 2. The molecular weight excluding hydrogens is 423 g/mol. The molecule has 0 spiro atoms. The maximum atomic E-state index is 13.1. The Morgan fingerprint density at radius 2 is 1.70 bits per heavy atom. The summed E-state index contributed by atoms with van der Waals surface area (Å²) in [7, 11) is 0. The first-order chi connectivity index (χ1) is 14.3. The Labute approximate surface area is 188 Å². The number of amides is 2. The second-order valence-electron chi connectivity index (χ2n) is 7.10. The summed E-state index contributed by atoms with van der Waals surface area (Å²) in [5.41, 5.74) is 0.772. The summed E-state index contributed by atoms with van der Waals surface area (Å²) < 4.78 is 5.63. The van der Waals surface area contributed by atoms with Crippen molar-refractivity contribution in [2.75, 3.05) is 6.61 Å². The van der Waals surface area contributed by atoms with Gasteiger partial charge in [-0.15, -0.1) is 0 Å². The molecule has 0 saturated heterocycles. The van der Waals surface area contributed by atoms with Crippen LogP contribution in [-0.4, -0.2) is 35.4 Å². The summed E-state index contributed by atoms with van der Waals surface area (Å²) in [5, 5.41) is 4.11. The van der Waals surface area contributed by atoms with Gasteiger partial charge in [-0.2, -0.15) is 0 Å². The molecule has 2 atom stereocenters. The van der Waals surface area contributed by atoms with Crippen LogP contribution in [0.5, 0.6) is 5.75 Å². The predicted molar refractivity (Wildman–Crippen MR) is 121 cm³/mol. The van der Waals surface area contributed by atoms with Gasteiger partial charge in [0.15, 0.2) is 6.61 Å². The summed E-state index contributed by atoms with van der Waals surface area (Å²) in [5.74, 6) is 0.0531. The molecule has 7 heteroatoms. The van der Waals surface area contributed by atoms with Gasteiger partial charge in [0.05, 0.1) is 0 Å². The van der Waals surface area contributed by atoms with Crippen LogP contribution in [0.2, 0.25) is 10.0 Å². The maximum absolute atomic E-state index is 13.1. The highest BCUT2D eigenvalue weighted by Gasteiger charge is 2.29. The number of rotatable bonds is 10. The van der Waals surface area contributed by atoms with Gasteiger partial charge in [0.2, 0.25) is 5.91 Å². The van der Waals surface area contributed by atoms with E-state index in [2.05, 4.69) is 5.32 Å². The van der Waals surface area contributed by atoms with E-state index in [-0.39, 0.29) is 31.0 Å². The molecule has 0 unspecified atom stereocenters. The van der Waals surface area contributed by atoms with E-state index in [1.165, 1.54) is 4.90 Å². The zero-order valence-electron chi connectivity index (χ0n) is 17.5. The minimum absolute atomic E-state index is 0.0223. The lowest BCUT2D eigenvalue weighted by molar-refractivity contribution is -0.143. The first-order valence-corrected chi connectivity index (χ1v) is 10.8. The summed E-state index contributed by atoms with van der Waals surface area (Å²) in [6, 6.07) is 13.5. The molecule has 0 aliphatic carbocycles. The van der Waals surface area contributed by atoms with Crippen molar-refractivity contribution in [3.05, 3.63) is 64.1 Å². The lowest BCUT2D eigenvalue weighted by atomic mass is 10.1. The minimum atomic E-state index is -0.628. The molecule has 2 aromatic carbocycles. The largest absolute Gasteiger partial charge is 0.484 e. The Kier molecular flexibility index (Phi) is 9.47. The van der Waals surface area contributed by atoms with Crippen molar-refractivity contribution in [2.24, 2.45) is 0 Å². The number of halogens is 2. The molecule has 0 radical (unpaired) electrons. The molecule has 2 rings (SSSR count). The Bertz CT molecular complexity index is 843. The monoisotopic (exact) mass is 450 g/mol. The number of nitrogens with zero attached hydrogens (tertiary/aromatic N) is 1. The van der Waals surface area contributed by atoms with Gasteiger partial charge in [0, 0.05) is 22.6 Å². The van der Waals surface area contributed by atoms with Gasteiger partial charge in [-0.3, -0.25) is 9.59 Å². The van der Waals surface area contributed by atoms with Crippen molar-refractivity contribution in [2.45, 2.75) is 52.2 Å². The van der Waals surface area contributed by atoms with Crippen LogP contribution in [0.25, 0.3) is 0 Å². The van der Waals surface area contributed by atoms with E-state index in [1.807, 2.05) is 39.0 Å². The first-order valence-electron chi connectivity index (χ1n) is 10.1. The third-order valence-electron chi connectivity index (χ3n) is 4.86. The highest BCUT2D eigenvalue weighted by atomic mass is 35.5. The van der Waals surface area contributed by atoms with Crippen molar-refractivity contribution in [1.29, 1.82) is 0 Å². The molecule has 0 fully saturated rings. The SMILES string of the molecule is CC[C@@H](C)NC(=O)[C@@H](CC)N(Cc1ccccc1Cl)C(=O)COc1ccc(Cl)cc1. The summed E-state index contributed by atoms with van der Waals surface area (Å²) in [4.78, 5) is 27.5. The molecule has 0 aliphatic rings. The molecule has 0 bridgehead atoms. The number of hydrogen-bond acceptors (Lipinski definition) is 3. The standard InChI is InChI=1S/C23H28Cl2N2O3/c1-4-16(3)26-23(29)21(5-2)27(14-17-8-6-7-9-20(17)25)22(28)15-30-19-12-10-18(24)11-13-19/h6-13,16,21H,4-5,14-15H2,1-3H3,(H,26,29)/t16-,21-/m1/s1. The van der Waals surface area contributed by atoms with Crippen LogP contribution in [0.3, 0.4) is 0 Å². The van der Waals surface area contributed by atoms with Gasteiger partial charge in [-0.25, -0.2) is 0 Å². The Balaban J connectivity index is 2.21. The van der Waals surface area contributed by atoms with Gasteiger partial charge in [-0.1, -0.05) is 55.2 Å². The quantitative estimate of drug-likeness (QED) is 0.547. The van der Waals surface area contributed by atoms with Crippen LogP contribution in [0.4, 0.5) is 0 Å². The van der Waals surface area contributed by atoms with E-state index in [0.717, 1.165) is 12.0 Å². The molecule has 2 aromatic rings. The van der Waals surface area contributed by atoms with Gasteiger partial charge in [-0.05, 0) is 55.7 Å². The fraction of sp³-hybridized carbons (Fsp3) is 0.391. The minimum Gasteiger partial charge on any atom is -0.484 e. The average molecular weight is 451 g/mol. The summed E-state index contributed by atoms with van der Waals surface area (Å²) in [6.07, 6.45) is 1.28. The van der Waals surface area contributed by atoms with Gasteiger partial charge in [0.1, 0.15) is 11.8 Å². The molecule has 162 valence electrons.